The molecule has 0 amide bonds. The first kappa shape index (κ1) is 14.1. The van der Waals surface area contributed by atoms with Crippen LogP contribution in [0.15, 0.2) is 23.7 Å². The summed E-state index contributed by atoms with van der Waals surface area (Å²) in [5.74, 6) is 0. The van der Waals surface area contributed by atoms with Gasteiger partial charge in [0.25, 0.3) is 0 Å². The molecule has 1 fully saturated rings. The Bertz CT molecular complexity index is 557. The Hall–Kier alpha value is -0.840. The number of thiophene rings is 1. The van der Waals surface area contributed by atoms with E-state index in [0.29, 0.717) is 6.04 Å². The molecular weight excluding hydrogens is 290 g/mol. The van der Waals surface area contributed by atoms with Gasteiger partial charge in [-0.3, -0.25) is 4.68 Å². The second kappa shape index (κ2) is 6.29. The Balaban J connectivity index is 1.66. The second-order valence-electron chi connectivity index (χ2n) is 5.52. The van der Waals surface area contributed by atoms with Crippen LogP contribution in [0.2, 0.25) is 5.02 Å². The van der Waals surface area contributed by atoms with Crippen molar-refractivity contribution in [1.82, 2.24) is 9.78 Å². The topological polar surface area (TPSA) is 43.8 Å². The van der Waals surface area contributed by atoms with Gasteiger partial charge < -0.3 is 5.73 Å². The normalized spacial score (nSPS) is 18.3. The van der Waals surface area contributed by atoms with Crippen LogP contribution < -0.4 is 5.73 Å². The maximum Gasteiger partial charge on any atom is 0.0643 e. The standard InChI is InChI=1S/C15H20ClN3S/c16-13-7-9-20-15(13)14(17)10-11-6-8-19(18-11)12-4-2-1-3-5-12/h6-9,12,14H,1-5,10,17H2. The zero-order valence-electron chi connectivity index (χ0n) is 11.5. The van der Waals surface area contributed by atoms with Gasteiger partial charge in [0, 0.05) is 23.5 Å². The predicted octanol–water partition coefficient (Wildman–Crippen LogP) is 4.35. The van der Waals surface area contributed by atoms with E-state index < -0.39 is 0 Å². The molecule has 1 aliphatic carbocycles. The highest BCUT2D eigenvalue weighted by Crippen LogP contribution is 2.30. The molecule has 2 aromatic heterocycles. The Morgan fingerprint density at radius 3 is 2.85 bits per heavy atom. The van der Waals surface area contributed by atoms with Gasteiger partial charge in [0.2, 0.25) is 0 Å². The molecule has 3 rings (SSSR count). The third kappa shape index (κ3) is 3.08. The fraction of sp³-hybridized carbons (Fsp3) is 0.533. The minimum absolute atomic E-state index is 0.0581. The maximum absolute atomic E-state index is 6.24. The predicted molar refractivity (Wildman–Crippen MR) is 84.3 cm³/mol. The van der Waals surface area contributed by atoms with Crippen LogP contribution in [0.25, 0.3) is 0 Å². The summed E-state index contributed by atoms with van der Waals surface area (Å²) in [6.07, 6.45) is 9.38. The van der Waals surface area contributed by atoms with Crippen molar-refractivity contribution in [3.63, 3.8) is 0 Å². The Morgan fingerprint density at radius 1 is 1.35 bits per heavy atom. The first-order valence-electron chi connectivity index (χ1n) is 7.26. The lowest BCUT2D eigenvalue weighted by Gasteiger charge is -2.21. The van der Waals surface area contributed by atoms with Gasteiger partial charge in [0.1, 0.15) is 0 Å². The summed E-state index contributed by atoms with van der Waals surface area (Å²) in [5, 5.41) is 7.47. The molecule has 0 bridgehead atoms. The first-order valence-corrected chi connectivity index (χ1v) is 8.52. The molecule has 1 aliphatic rings. The van der Waals surface area contributed by atoms with Gasteiger partial charge in [0.05, 0.1) is 16.8 Å². The number of hydrogen-bond donors (Lipinski definition) is 1. The summed E-state index contributed by atoms with van der Waals surface area (Å²) in [4.78, 5) is 1.05. The Labute approximate surface area is 128 Å². The van der Waals surface area contributed by atoms with Gasteiger partial charge in [-0.2, -0.15) is 5.10 Å². The van der Waals surface area contributed by atoms with Crippen molar-refractivity contribution in [2.75, 3.05) is 0 Å². The number of nitrogens with two attached hydrogens (primary N) is 1. The largest absolute Gasteiger partial charge is 0.323 e. The van der Waals surface area contributed by atoms with Gasteiger partial charge in [0.15, 0.2) is 0 Å². The first-order chi connectivity index (χ1) is 9.74. The van der Waals surface area contributed by atoms with Gasteiger partial charge in [-0.25, -0.2) is 0 Å². The number of nitrogens with zero attached hydrogens (tertiary/aromatic N) is 2. The van der Waals surface area contributed by atoms with Crippen molar-refractivity contribution in [2.45, 2.75) is 50.6 Å². The van der Waals surface area contributed by atoms with Crippen LogP contribution in [0.4, 0.5) is 0 Å². The highest BCUT2D eigenvalue weighted by molar-refractivity contribution is 7.10. The molecular formula is C15H20ClN3S. The highest BCUT2D eigenvalue weighted by Gasteiger charge is 2.18. The fourth-order valence-electron chi connectivity index (χ4n) is 2.92. The lowest BCUT2D eigenvalue weighted by Crippen LogP contribution is -2.15. The van der Waals surface area contributed by atoms with Crippen molar-refractivity contribution < 1.29 is 0 Å². The average molecular weight is 310 g/mol. The van der Waals surface area contributed by atoms with Crippen LogP contribution >= 0.6 is 22.9 Å². The molecule has 2 heterocycles. The monoisotopic (exact) mass is 309 g/mol. The summed E-state index contributed by atoms with van der Waals surface area (Å²) in [6.45, 7) is 0. The van der Waals surface area contributed by atoms with Gasteiger partial charge in [-0.05, 0) is 30.4 Å². The van der Waals surface area contributed by atoms with E-state index in [-0.39, 0.29) is 6.04 Å². The van der Waals surface area contributed by atoms with Crippen molar-refractivity contribution in [3.8, 4) is 0 Å². The molecule has 0 aromatic carbocycles. The number of rotatable bonds is 4. The number of aromatic nitrogens is 2. The quantitative estimate of drug-likeness (QED) is 0.912. The van der Waals surface area contributed by atoms with Crippen LogP contribution in [0.1, 0.15) is 54.8 Å². The summed E-state index contributed by atoms with van der Waals surface area (Å²) in [6, 6.07) is 4.52. The van der Waals surface area contributed by atoms with Crippen molar-refractivity contribution in [2.24, 2.45) is 5.73 Å². The molecule has 1 atom stereocenters. The summed E-state index contributed by atoms with van der Waals surface area (Å²) in [5.41, 5.74) is 7.30. The summed E-state index contributed by atoms with van der Waals surface area (Å²) >= 11 is 7.75. The third-order valence-electron chi connectivity index (χ3n) is 4.02. The van der Waals surface area contributed by atoms with Gasteiger partial charge in [-0.1, -0.05) is 30.9 Å². The van der Waals surface area contributed by atoms with E-state index in [4.69, 9.17) is 22.4 Å². The third-order valence-corrected chi connectivity index (χ3v) is 5.51. The minimum Gasteiger partial charge on any atom is -0.323 e. The van der Waals surface area contributed by atoms with Gasteiger partial charge in [-0.15, -0.1) is 11.3 Å². The highest BCUT2D eigenvalue weighted by atomic mass is 35.5. The van der Waals surface area contributed by atoms with Crippen LogP contribution in [0.5, 0.6) is 0 Å². The number of hydrogen-bond acceptors (Lipinski definition) is 3. The minimum atomic E-state index is -0.0581. The molecule has 108 valence electrons. The lowest BCUT2D eigenvalue weighted by molar-refractivity contribution is 0.328. The van der Waals surface area contributed by atoms with E-state index in [1.165, 1.54) is 32.1 Å². The zero-order valence-corrected chi connectivity index (χ0v) is 13.0. The smallest absolute Gasteiger partial charge is 0.0643 e. The van der Waals surface area contributed by atoms with E-state index in [1.54, 1.807) is 11.3 Å². The number of halogens is 1. The summed E-state index contributed by atoms with van der Waals surface area (Å²) in [7, 11) is 0. The van der Waals surface area contributed by atoms with Crippen LogP contribution in [0.3, 0.4) is 0 Å². The molecule has 1 unspecified atom stereocenters. The van der Waals surface area contributed by atoms with Crippen molar-refractivity contribution >= 4 is 22.9 Å². The average Bonchev–Trinajstić information content (AvgIpc) is 3.09. The molecule has 0 spiro atoms. The van der Waals surface area contributed by atoms with E-state index in [0.717, 1.165) is 22.0 Å². The summed E-state index contributed by atoms with van der Waals surface area (Å²) < 4.78 is 2.14. The van der Waals surface area contributed by atoms with E-state index in [1.807, 2.05) is 11.4 Å². The second-order valence-corrected chi connectivity index (χ2v) is 6.88. The zero-order chi connectivity index (χ0) is 13.9. The molecule has 5 heteroatoms. The van der Waals surface area contributed by atoms with Gasteiger partial charge >= 0.3 is 0 Å². The Morgan fingerprint density at radius 2 is 2.15 bits per heavy atom. The fourth-order valence-corrected chi connectivity index (χ4v) is 4.12. The van der Waals surface area contributed by atoms with E-state index in [9.17, 15) is 0 Å². The van der Waals surface area contributed by atoms with Crippen LogP contribution in [-0.2, 0) is 6.42 Å². The Kier molecular flexibility index (Phi) is 4.44. The molecule has 20 heavy (non-hydrogen) atoms. The molecule has 1 saturated carbocycles. The molecule has 3 nitrogen and oxygen atoms in total. The molecule has 0 saturated heterocycles. The molecule has 2 N–H and O–H groups in total. The van der Waals surface area contributed by atoms with Crippen molar-refractivity contribution in [3.05, 3.63) is 39.3 Å². The lowest BCUT2D eigenvalue weighted by atomic mass is 9.96. The van der Waals surface area contributed by atoms with Crippen molar-refractivity contribution in [1.29, 1.82) is 0 Å². The molecule has 2 aromatic rings. The SMILES string of the molecule is NC(Cc1ccn(C2CCCCC2)n1)c1sccc1Cl. The van der Waals surface area contributed by atoms with Crippen LogP contribution in [0, 0.1) is 0 Å². The molecule has 0 radical (unpaired) electrons. The van der Waals surface area contributed by atoms with Crippen LogP contribution in [-0.4, -0.2) is 9.78 Å². The van der Waals surface area contributed by atoms with E-state index >= 15 is 0 Å². The van der Waals surface area contributed by atoms with E-state index in [2.05, 4.69) is 16.9 Å². The maximum atomic E-state index is 6.24. The molecule has 0 aliphatic heterocycles.